The van der Waals surface area contributed by atoms with Crippen LogP contribution in [-0.2, 0) is 33.3 Å². The van der Waals surface area contributed by atoms with E-state index in [-0.39, 0.29) is 12.8 Å². The largest absolute Gasteiger partial charge is 0.481 e. The highest BCUT2D eigenvalue weighted by Crippen LogP contribution is 2.31. The Hall–Kier alpha value is -1.42. The topological polar surface area (TPSA) is 202 Å². The van der Waals surface area contributed by atoms with Gasteiger partial charge in [-0.15, -0.1) is 0 Å². The molecular weight excluding hydrogens is 656 g/mol. The molecule has 0 spiro atoms. The van der Waals surface area contributed by atoms with E-state index in [0.717, 1.165) is 64.2 Å². The second kappa shape index (κ2) is 20.7. The molecule has 0 saturated carbocycles. The minimum absolute atomic E-state index is 0.205. The number of carboxylic acid groups (broad SMARTS) is 1. The Morgan fingerprint density at radius 1 is 0.644 bits per heavy atom. The Bertz CT molecular complexity index is 844. The van der Waals surface area contributed by atoms with E-state index in [9.17, 15) is 40.2 Å². The number of rotatable bonds is 21. The predicted molar refractivity (Wildman–Crippen MR) is 162 cm³/mol. The molecule has 2 fully saturated rings. The van der Waals surface area contributed by atoms with Gasteiger partial charge in [0.2, 0.25) is 0 Å². The van der Waals surface area contributed by atoms with Crippen LogP contribution in [0.2, 0.25) is 0 Å². The first-order valence-electron chi connectivity index (χ1n) is 16.8. The number of carbonyl (C=O) groups excluding carboxylic acids is 1. The first-order valence-corrected chi connectivity index (χ1v) is 16.8. The van der Waals surface area contributed by atoms with E-state index in [1.807, 2.05) is 0 Å². The fourth-order valence-corrected chi connectivity index (χ4v) is 5.71. The average molecular weight is 715 g/mol. The maximum atomic E-state index is 13.1. The molecule has 2 heterocycles. The predicted octanol–water partition coefficient (Wildman–Crippen LogP) is 2.55. The lowest BCUT2D eigenvalue weighted by Crippen LogP contribution is -2.63. The summed E-state index contributed by atoms with van der Waals surface area (Å²) < 4.78 is 29.1. The van der Waals surface area contributed by atoms with Gasteiger partial charge in [-0.2, -0.15) is 0 Å². The van der Waals surface area contributed by atoms with Crippen LogP contribution in [-0.4, -0.2) is 116 Å². The van der Waals surface area contributed by atoms with Crippen LogP contribution < -0.4 is 0 Å². The van der Waals surface area contributed by atoms with Gasteiger partial charge in [-0.05, 0) is 33.1 Å². The second-order valence-electron chi connectivity index (χ2n) is 12.6. The number of hydrogen-bond acceptors (Lipinski definition) is 12. The SMILES string of the molecule is [14CH3][14CH2][14CH2][14CH2][14CH2][14CH2][14CH2][14CH]([14CH2][14C](=O)O)O[14C](=O)[14CH2][14CH]([14CH2][14CH2][14CH2][14CH2][14CH2][14CH2][14CH3])O[14C@@H]1O[14C@H]([14CH3])[14C@H](O)[14C@@H](O)[14C@H]1O[14C@@H]1O[14C@H]([14CH3])[14C@H](O)[14C@@H](O)[14C@H]1O. The Labute approximate surface area is 267 Å². The number of carboxylic acids is 1. The molecule has 13 nitrogen and oxygen atoms in total. The molecule has 0 bridgehead atoms. The first kappa shape index (κ1) is 39.8. The zero-order chi connectivity index (χ0) is 33.5. The van der Waals surface area contributed by atoms with E-state index in [0.29, 0.717) is 12.8 Å². The third-order valence-corrected chi connectivity index (χ3v) is 8.56. The Morgan fingerprint density at radius 3 is 1.71 bits per heavy atom. The molecule has 2 aliphatic rings. The van der Waals surface area contributed by atoms with Crippen molar-refractivity contribution in [3.8, 4) is 0 Å². The summed E-state index contributed by atoms with van der Waals surface area (Å²) >= 11 is 0. The van der Waals surface area contributed by atoms with Gasteiger partial charge >= 0.3 is 11.9 Å². The van der Waals surface area contributed by atoms with Crippen LogP contribution in [0, 0.1) is 0 Å². The van der Waals surface area contributed by atoms with Crippen molar-refractivity contribution in [1.29, 1.82) is 0 Å². The third-order valence-electron chi connectivity index (χ3n) is 8.56. The van der Waals surface area contributed by atoms with Gasteiger partial charge in [0.05, 0.1) is 31.2 Å². The van der Waals surface area contributed by atoms with Gasteiger partial charge in [0.25, 0.3) is 0 Å². The van der Waals surface area contributed by atoms with E-state index >= 15 is 0 Å². The summed E-state index contributed by atoms with van der Waals surface area (Å²) in [6.07, 6.45) is -5.07. The smallest absolute Gasteiger partial charge is 0.308 e. The molecule has 0 amide bonds. The molecule has 12 atom stereocenters. The van der Waals surface area contributed by atoms with Crippen molar-refractivity contribution >= 4 is 11.9 Å². The lowest BCUT2D eigenvalue weighted by Gasteiger charge is -2.46. The fraction of sp³-hybridized carbons (Fsp3) is 0.938. The van der Waals surface area contributed by atoms with Gasteiger partial charge in [-0.3, -0.25) is 9.59 Å². The minimum Gasteiger partial charge on any atom is -0.481 e. The van der Waals surface area contributed by atoms with Crippen LogP contribution >= 0.6 is 0 Å². The molecule has 2 unspecified atom stereocenters. The standard InChI is InChI=1S/C32H58O13/c1-5-7-9-11-13-15-21(17-23(33)34)43-24(35)18-22(16-14-12-10-8-6-2)44-32-30(28(39)26(37)20(4)42-32)45-31-29(40)27(38)25(36)19(3)41-31/h19-22,25-32,36-40H,5-18H2,1-4H3,(H,33,34)/t19-,20-,21?,22?,25+,26+,27-,28-,29-,30-,31+,32+/m1/s1/i1+2,2+2,3+2,4+2,5+2,6+2,7+2,8+2,9+2,10+2,11+2,12+2,13+2,14+2,15+2,16+2,17+2,18+2,19+2,20+2,21+2,22+2,23+2,24+2,25+2,26+2,27+2,28+2,29+2,30+2,31+2,32+2. The molecule has 0 aromatic heterocycles. The lowest BCUT2D eigenvalue weighted by atomic mass is 11.8. The van der Waals surface area contributed by atoms with Gasteiger partial charge in [0, 0.05) is 0 Å². The lowest BCUT2D eigenvalue weighted by molar-refractivity contribution is -0.366. The van der Waals surface area contributed by atoms with Crippen LogP contribution in [0.15, 0.2) is 0 Å². The molecule has 13 heteroatoms. The van der Waals surface area contributed by atoms with E-state index in [1.54, 1.807) is 6.92 Å². The third kappa shape index (κ3) is 13.3. The summed E-state index contributed by atoms with van der Waals surface area (Å²) in [5.41, 5.74) is 0. The fourth-order valence-electron chi connectivity index (χ4n) is 5.71. The van der Waals surface area contributed by atoms with Crippen molar-refractivity contribution in [3.63, 3.8) is 0 Å². The van der Waals surface area contributed by atoms with Crippen molar-refractivity contribution in [2.75, 3.05) is 0 Å². The molecule has 2 saturated heterocycles. The van der Waals surface area contributed by atoms with Crippen LogP contribution in [0.4, 0.5) is 0 Å². The van der Waals surface area contributed by atoms with Crippen LogP contribution in [0.3, 0.4) is 0 Å². The van der Waals surface area contributed by atoms with E-state index < -0.39 is 85.6 Å². The zero-order valence-electron chi connectivity index (χ0n) is 27.4. The molecule has 2 rings (SSSR count). The Kier molecular flexibility index (Phi) is 18.3. The normalized spacial score (nSPS) is 33.4. The summed E-state index contributed by atoms with van der Waals surface area (Å²) in [4.78, 5) is 24.6. The quantitative estimate of drug-likeness (QED) is 0.0749. The molecule has 264 valence electrons. The van der Waals surface area contributed by atoms with Crippen LogP contribution in [0.1, 0.15) is 118 Å². The molecule has 0 radical (unpaired) electrons. The summed E-state index contributed by atoms with van der Waals surface area (Å²) in [5.74, 6) is -1.67. The number of aliphatic carboxylic acids is 1. The maximum Gasteiger partial charge on any atom is 0.308 e. The zero-order valence-corrected chi connectivity index (χ0v) is 27.4. The highest BCUT2D eigenvalue weighted by molar-refractivity contribution is 5.72. The highest BCUT2D eigenvalue weighted by atomic mass is 17.3. The Balaban J connectivity index is 2.16. The monoisotopic (exact) mass is 714 g/mol. The van der Waals surface area contributed by atoms with Crippen molar-refractivity contribution in [3.05, 3.63) is 0 Å². The van der Waals surface area contributed by atoms with Crippen molar-refractivity contribution in [2.24, 2.45) is 0 Å². The van der Waals surface area contributed by atoms with Gasteiger partial charge < -0.3 is 54.3 Å². The molecule has 2 aliphatic heterocycles. The Morgan fingerprint density at radius 2 is 1.16 bits per heavy atom. The number of unbranched alkanes of at least 4 members (excludes halogenated alkanes) is 8. The van der Waals surface area contributed by atoms with E-state index in [4.69, 9.17) is 23.7 Å². The minimum atomic E-state index is -1.67. The highest BCUT2D eigenvalue weighted by Gasteiger charge is 2.50. The molecule has 0 aromatic rings. The number of carbonyl (C=O) groups is 2. The summed E-state index contributed by atoms with van der Waals surface area (Å²) in [6.45, 7) is 7.24. The number of aliphatic hydroxyl groups excluding tert-OH is 5. The average Bonchev–Trinajstić information content (AvgIpc) is 2.98. The first-order chi connectivity index (χ1) is 21.4. The van der Waals surface area contributed by atoms with Gasteiger partial charge in [0.1, 0.15) is 42.7 Å². The van der Waals surface area contributed by atoms with Crippen LogP contribution in [0.5, 0.6) is 0 Å². The molecule has 6 N–H and O–H groups in total. The van der Waals surface area contributed by atoms with Crippen molar-refractivity contribution in [2.45, 2.75) is 191 Å². The molecule has 0 aromatic carbocycles. The van der Waals surface area contributed by atoms with Crippen molar-refractivity contribution < 1.29 is 63.9 Å². The van der Waals surface area contributed by atoms with E-state index in [1.165, 1.54) is 6.92 Å². The van der Waals surface area contributed by atoms with E-state index in [2.05, 4.69) is 13.8 Å². The molecular formula is C32H58O13. The molecule has 0 aliphatic carbocycles. The summed E-state index contributed by atoms with van der Waals surface area (Å²) in [6, 6.07) is 0. The molecule has 45 heavy (non-hydrogen) atoms. The van der Waals surface area contributed by atoms with Gasteiger partial charge in [0.15, 0.2) is 12.6 Å². The number of esters is 1. The summed E-state index contributed by atoms with van der Waals surface area (Å²) in [5, 5.41) is 61.7. The van der Waals surface area contributed by atoms with Gasteiger partial charge in [-0.1, -0.05) is 71.6 Å². The number of aliphatic hydroxyl groups is 5. The maximum absolute atomic E-state index is 13.1. The van der Waals surface area contributed by atoms with Gasteiger partial charge in [-0.25, -0.2) is 0 Å². The van der Waals surface area contributed by atoms with Crippen molar-refractivity contribution in [1.82, 2.24) is 0 Å². The number of hydrogen-bond donors (Lipinski definition) is 6. The second-order valence-corrected chi connectivity index (χ2v) is 12.6. The summed E-state index contributed by atoms with van der Waals surface area (Å²) in [7, 11) is 0. The van der Waals surface area contributed by atoms with Crippen LogP contribution in [0.25, 0.3) is 0 Å². The number of ether oxygens (including phenoxy) is 5.